The van der Waals surface area contributed by atoms with Crippen molar-refractivity contribution in [1.29, 1.82) is 0 Å². The van der Waals surface area contributed by atoms with Crippen LogP contribution in [0.5, 0.6) is 0 Å². The number of halogens is 2. The van der Waals surface area contributed by atoms with Gasteiger partial charge < -0.3 is 15.0 Å². The lowest BCUT2D eigenvalue weighted by molar-refractivity contribution is 0.102. The molecule has 0 radical (unpaired) electrons. The monoisotopic (exact) mass is 334 g/mol. The van der Waals surface area contributed by atoms with E-state index in [1.165, 1.54) is 6.07 Å². The molecule has 0 aliphatic carbocycles. The van der Waals surface area contributed by atoms with Gasteiger partial charge in [0.1, 0.15) is 5.82 Å². The zero-order valence-electron chi connectivity index (χ0n) is 12.4. The summed E-state index contributed by atoms with van der Waals surface area (Å²) in [4.78, 5) is 14.3. The molecule has 0 unspecified atom stereocenters. The molecular formula is C17H16ClFN2O2. The standard InChI is InChI=1S/C17H16ClFN2O2/c18-13-3-1-2-12(10-13)17(22)20-16-11-14(4-5-15(16)19)21-6-8-23-9-7-21/h1-5,10-11H,6-9H2,(H,20,22). The average Bonchev–Trinajstić information content (AvgIpc) is 2.57. The maximum Gasteiger partial charge on any atom is 0.255 e. The lowest BCUT2D eigenvalue weighted by Gasteiger charge is -2.29. The highest BCUT2D eigenvalue weighted by Crippen LogP contribution is 2.24. The number of rotatable bonds is 3. The van der Waals surface area contributed by atoms with Crippen molar-refractivity contribution in [2.45, 2.75) is 0 Å². The Morgan fingerprint density at radius 2 is 1.96 bits per heavy atom. The number of anilines is 2. The highest BCUT2D eigenvalue weighted by Gasteiger charge is 2.15. The van der Waals surface area contributed by atoms with Crippen molar-refractivity contribution in [2.24, 2.45) is 0 Å². The van der Waals surface area contributed by atoms with E-state index in [0.717, 1.165) is 18.8 Å². The molecule has 2 aromatic carbocycles. The molecule has 1 N–H and O–H groups in total. The fourth-order valence-electron chi connectivity index (χ4n) is 2.45. The van der Waals surface area contributed by atoms with Crippen LogP contribution in [0.2, 0.25) is 5.02 Å². The Balaban J connectivity index is 1.80. The van der Waals surface area contributed by atoms with Crippen LogP contribution in [0.3, 0.4) is 0 Å². The number of amides is 1. The first-order valence-corrected chi connectivity index (χ1v) is 7.70. The maximum absolute atomic E-state index is 14.0. The van der Waals surface area contributed by atoms with Gasteiger partial charge in [0.15, 0.2) is 0 Å². The Labute approximate surface area is 138 Å². The molecule has 120 valence electrons. The largest absolute Gasteiger partial charge is 0.378 e. The molecule has 6 heteroatoms. The number of carbonyl (C=O) groups is 1. The van der Waals surface area contributed by atoms with E-state index < -0.39 is 11.7 Å². The van der Waals surface area contributed by atoms with E-state index >= 15 is 0 Å². The Morgan fingerprint density at radius 3 is 2.70 bits per heavy atom. The zero-order valence-corrected chi connectivity index (χ0v) is 13.1. The number of morpholine rings is 1. The Hall–Kier alpha value is -2.11. The van der Waals surface area contributed by atoms with Crippen LogP contribution in [0.15, 0.2) is 42.5 Å². The second-order valence-corrected chi connectivity index (χ2v) is 5.66. The van der Waals surface area contributed by atoms with E-state index in [2.05, 4.69) is 10.2 Å². The van der Waals surface area contributed by atoms with Crippen molar-refractivity contribution in [3.8, 4) is 0 Å². The minimum atomic E-state index is -0.475. The minimum absolute atomic E-state index is 0.152. The first-order valence-electron chi connectivity index (χ1n) is 7.32. The van der Waals surface area contributed by atoms with Crippen molar-refractivity contribution in [3.05, 3.63) is 58.9 Å². The number of ether oxygens (including phenoxy) is 1. The van der Waals surface area contributed by atoms with Gasteiger partial charge >= 0.3 is 0 Å². The van der Waals surface area contributed by atoms with Crippen molar-refractivity contribution in [2.75, 3.05) is 36.5 Å². The van der Waals surface area contributed by atoms with Crippen molar-refractivity contribution in [1.82, 2.24) is 0 Å². The van der Waals surface area contributed by atoms with E-state index in [9.17, 15) is 9.18 Å². The maximum atomic E-state index is 14.0. The van der Waals surface area contributed by atoms with E-state index in [-0.39, 0.29) is 5.69 Å². The third kappa shape index (κ3) is 3.81. The van der Waals surface area contributed by atoms with Gasteiger partial charge in [-0.05, 0) is 36.4 Å². The Bertz CT molecular complexity index is 717. The summed E-state index contributed by atoms with van der Waals surface area (Å²) in [6.45, 7) is 2.77. The molecule has 0 aromatic heterocycles. The fourth-order valence-corrected chi connectivity index (χ4v) is 2.64. The Morgan fingerprint density at radius 1 is 1.17 bits per heavy atom. The summed E-state index contributed by atoms with van der Waals surface area (Å²) in [6, 6.07) is 11.2. The summed E-state index contributed by atoms with van der Waals surface area (Å²) in [5.74, 6) is -0.872. The molecular weight excluding hydrogens is 319 g/mol. The highest BCUT2D eigenvalue weighted by atomic mass is 35.5. The van der Waals surface area contributed by atoms with E-state index in [4.69, 9.17) is 16.3 Å². The van der Waals surface area contributed by atoms with Gasteiger partial charge in [0, 0.05) is 29.4 Å². The van der Waals surface area contributed by atoms with Crippen molar-refractivity contribution < 1.29 is 13.9 Å². The highest BCUT2D eigenvalue weighted by molar-refractivity contribution is 6.31. The average molecular weight is 335 g/mol. The molecule has 1 amide bonds. The molecule has 0 bridgehead atoms. The van der Waals surface area contributed by atoms with E-state index in [0.29, 0.717) is 23.8 Å². The molecule has 3 rings (SSSR count). The third-order valence-electron chi connectivity index (χ3n) is 3.66. The normalized spacial score (nSPS) is 14.6. The SMILES string of the molecule is O=C(Nc1cc(N2CCOCC2)ccc1F)c1cccc(Cl)c1. The predicted molar refractivity (Wildman–Crippen MR) is 88.8 cm³/mol. The number of nitrogens with zero attached hydrogens (tertiary/aromatic N) is 1. The van der Waals surface area contributed by atoms with Crippen LogP contribution in [-0.4, -0.2) is 32.2 Å². The lowest BCUT2D eigenvalue weighted by atomic mass is 10.2. The first-order chi connectivity index (χ1) is 11.1. The molecule has 2 aromatic rings. The van der Waals surface area contributed by atoms with E-state index in [1.54, 1.807) is 36.4 Å². The van der Waals surface area contributed by atoms with Gasteiger partial charge in [-0.25, -0.2) is 4.39 Å². The molecule has 0 spiro atoms. The number of benzene rings is 2. The van der Waals surface area contributed by atoms with Crippen LogP contribution in [0.4, 0.5) is 15.8 Å². The van der Waals surface area contributed by atoms with Gasteiger partial charge in [-0.15, -0.1) is 0 Å². The number of carbonyl (C=O) groups excluding carboxylic acids is 1. The molecule has 0 saturated carbocycles. The molecule has 4 nitrogen and oxygen atoms in total. The lowest BCUT2D eigenvalue weighted by Crippen LogP contribution is -2.36. The van der Waals surface area contributed by atoms with Gasteiger partial charge in [-0.3, -0.25) is 4.79 Å². The van der Waals surface area contributed by atoms with Crippen LogP contribution < -0.4 is 10.2 Å². The van der Waals surface area contributed by atoms with Crippen molar-refractivity contribution >= 4 is 28.9 Å². The number of hydrogen-bond donors (Lipinski definition) is 1. The van der Waals surface area contributed by atoms with Crippen LogP contribution in [0.1, 0.15) is 10.4 Å². The molecule has 1 aliphatic heterocycles. The predicted octanol–water partition coefficient (Wildman–Crippen LogP) is 3.57. The smallest absolute Gasteiger partial charge is 0.255 e. The summed E-state index contributed by atoms with van der Waals surface area (Å²) in [6.07, 6.45) is 0. The first kappa shape index (κ1) is 15.8. The number of hydrogen-bond acceptors (Lipinski definition) is 3. The van der Waals surface area contributed by atoms with Crippen LogP contribution in [-0.2, 0) is 4.74 Å². The van der Waals surface area contributed by atoms with Gasteiger partial charge in [0.25, 0.3) is 5.91 Å². The summed E-state index contributed by atoms with van der Waals surface area (Å²) in [7, 11) is 0. The third-order valence-corrected chi connectivity index (χ3v) is 3.90. The van der Waals surface area contributed by atoms with Crippen LogP contribution >= 0.6 is 11.6 Å². The Kier molecular flexibility index (Phi) is 4.79. The van der Waals surface area contributed by atoms with Gasteiger partial charge in [-0.2, -0.15) is 0 Å². The van der Waals surface area contributed by atoms with Crippen LogP contribution in [0, 0.1) is 5.82 Å². The molecule has 23 heavy (non-hydrogen) atoms. The number of nitrogens with one attached hydrogen (secondary N) is 1. The summed E-state index contributed by atoms with van der Waals surface area (Å²) in [5, 5.41) is 3.06. The molecule has 1 fully saturated rings. The zero-order chi connectivity index (χ0) is 16.2. The molecule has 1 aliphatic rings. The second kappa shape index (κ2) is 6.98. The molecule has 1 saturated heterocycles. The topological polar surface area (TPSA) is 41.6 Å². The van der Waals surface area contributed by atoms with Gasteiger partial charge in [-0.1, -0.05) is 17.7 Å². The minimum Gasteiger partial charge on any atom is -0.378 e. The fraction of sp³-hybridized carbons (Fsp3) is 0.235. The second-order valence-electron chi connectivity index (χ2n) is 5.23. The van der Waals surface area contributed by atoms with Gasteiger partial charge in [0.2, 0.25) is 0 Å². The molecule has 1 heterocycles. The molecule has 0 atom stereocenters. The summed E-state index contributed by atoms with van der Waals surface area (Å²) in [5.41, 5.74) is 1.39. The summed E-state index contributed by atoms with van der Waals surface area (Å²) >= 11 is 5.88. The summed E-state index contributed by atoms with van der Waals surface area (Å²) < 4.78 is 19.3. The van der Waals surface area contributed by atoms with Gasteiger partial charge in [0.05, 0.1) is 18.9 Å². The van der Waals surface area contributed by atoms with E-state index in [1.807, 2.05) is 0 Å². The van der Waals surface area contributed by atoms with Crippen LogP contribution in [0.25, 0.3) is 0 Å². The van der Waals surface area contributed by atoms with Crippen molar-refractivity contribution in [3.63, 3.8) is 0 Å². The quantitative estimate of drug-likeness (QED) is 0.933.